The normalized spacial score (nSPS) is 11.5. The molecule has 0 aliphatic rings. The third-order valence-corrected chi connectivity index (χ3v) is 12.0. The lowest BCUT2D eigenvalue weighted by Gasteiger charge is -2.44. The summed E-state index contributed by atoms with van der Waals surface area (Å²) in [6.45, 7) is 0.103. The number of Topliss-reactive ketones (excluding diaryl/α,β-unsaturated/α-hetero) is 1. The van der Waals surface area contributed by atoms with Gasteiger partial charge in [-0.15, -0.1) is 21.9 Å². The molecule has 5 nitrogen and oxygen atoms in total. The summed E-state index contributed by atoms with van der Waals surface area (Å²) >= 11 is 0. The highest BCUT2D eigenvalue weighted by Gasteiger charge is 2.52. The van der Waals surface area contributed by atoms with Gasteiger partial charge in [0.05, 0.1) is 6.20 Å². The largest absolute Gasteiger partial charge is 0.421 e. The van der Waals surface area contributed by atoms with Gasteiger partial charge in [-0.25, -0.2) is 97.6 Å². The molecule has 1 aromatic heterocycles. The van der Waals surface area contributed by atoms with Crippen LogP contribution in [0.5, 0.6) is 5.75 Å². The van der Waals surface area contributed by atoms with E-state index in [1.807, 2.05) is 66.7 Å². The Labute approximate surface area is 415 Å². The van der Waals surface area contributed by atoms with Crippen molar-refractivity contribution < 1.29 is 107 Å². The number of fused-ring (bicyclic) bond motifs is 3. The van der Waals surface area contributed by atoms with Crippen LogP contribution in [0, 0.1) is 116 Å². The fraction of sp³-hybridized carbons (Fsp3) is 0.0196. The molecular weight excluding hydrogens is 1080 g/mol. The smallest absolute Gasteiger partial charge is 0.368 e. The Hall–Kier alpha value is -8.84. The lowest BCUT2D eigenvalue weighted by atomic mass is 9.12. The number of aromatic nitrogens is 2. The van der Waals surface area contributed by atoms with Gasteiger partial charge in [-0.2, -0.15) is 4.57 Å². The molecule has 394 valence electrons. The molecule has 9 aromatic rings. The first-order valence-electron chi connectivity index (χ1n) is 21.2. The van der Waals surface area contributed by atoms with Gasteiger partial charge in [0.1, 0.15) is 58.4 Å². The molecular formula is C51H19BF20N2O3. The van der Waals surface area contributed by atoms with Crippen LogP contribution in [0.25, 0.3) is 21.5 Å². The minimum atomic E-state index is -7.22. The van der Waals surface area contributed by atoms with Gasteiger partial charge in [-0.05, 0) is 22.2 Å². The number of ketones is 1. The summed E-state index contributed by atoms with van der Waals surface area (Å²) < 4.78 is 301. The first kappa shape index (κ1) is 54.4. The predicted molar refractivity (Wildman–Crippen MR) is 231 cm³/mol. The first-order valence-corrected chi connectivity index (χ1v) is 21.2. The van der Waals surface area contributed by atoms with E-state index in [-0.39, 0.29) is 18.0 Å². The van der Waals surface area contributed by atoms with Crippen LogP contribution < -0.4 is 31.2 Å². The Kier molecular flexibility index (Phi) is 14.6. The van der Waals surface area contributed by atoms with Gasteiger partial charge < -0.3 is 4.74 Å². The predicted octanol–water partition coefficient (Wildman–Crippen LogP) is 10.6. The Morgan fingerprint density at radius 3 is 1.16 bits per heavy atom. The zero-order valence-corrected chi connectivity index (χ0v) is 37.3. The summed E-state index contributed by atoms with van der Waals surface area (Å²) in [5.41, 5.74) is -13.6. The molecule has 0 N–H and O–H groups in total. The number of rotatable bonds is 9. The zero-order valence-electron chi connectivity index (χ0n) is 37.3. The molecule has 77 heavy (non-hydrogen) atoms. The number of nitrogens with zero attached hydrogens (tertiary/aromatic N) is 2. The molecule has 0 aliphatic carbocycles. The molecule has 8 aromatic carbocycles. The van der Waals surface area contributed by atoms with Crippen molar-refractivity contribution >= 4 is 61.3 Å². The average molecular weight is 1100 g/mol. The van der Waals surface area contributed by atoms with Crippen LogP contribution in [-0.4, -0.2) is 22.9 Å². The fourth-order valence-electron chi connectivity index (χ4n) is 8.65. The van der Waals surface area contributed by atoms with Gasteiger partial charge in [-0.3, -0.25) is 4.79 Å². The SMILES string of the molecule is Fc1c(F)c(F)c([B-](c2c(F)c(F)c(F)c(F)c2F)(c2c(F)c(F)c(F)c(F)c2F)c2c(F)c(F)c(F)c(F)c2F)c(F)c1F.O=C(C[n+]1ccnc(C(=O)Oc2cc3ccccc3c3ccccc23)c1)c1ccccc1. The van der Waals surface area contributed by atoms with Crippen molar-refractivity contribution in [3.63, 3.8) is 0 Å². The number of esters is 1. The van der Waals surface area contributed by atoms with Crippen LogP contribution in [0.3, 0.4) is 0 Å². The van der Waals surface area contributed by atoms with E-state index >= 15 is 35.1 Å². The van der Waals surface area contributed by atoms with E-state index in [0.29, 0.717) is 11.3 Å². The Morgan fingerprint density at radius 2 is 0.753 bits per heavy atom. The highest BCUT2D eigenvalue weighted by molar-refractivity contribution is 7.20. The Morgan fingerprint density at radius 1 is 0.416 bits per heavy atom. The molecule has 0 radical (unpaired) electrons. The van der Waals surface area contributed by atoms with E-state index in [2.05, 4.69) is 11.1 Å². The van der Waals surface area contributed by atoms with Gasteiger partial charge in [-0.1, -0.05) is 78.9 Å². The maximum atomic E-state index is 15.4. The molecule has 9 rings (SSSR count). The van der Waals surface area contributed by atoms with E-state index < -0.39 is 150 Å². The number of carbonyl (C=O) groups is 2. The molecule has 0 spiro atoms. The third-order valence-electron chi connectivity index (χ3n) is 12.0. The van der Waals surface area contributed by atoms with Crippen LogP contribution >= 0.6 is 0 Å². The van der Waals surface area contributed by atoms with Crippen molar-refractivity contribution in [2.75, 3.05) is 0 Å². The second-order valence-corrected chi connectivity index (χ2v) is 16.2. The molecule has 0 saturated heterocycles. The Balaban J connectivity index is 0.000000215. The van der Waals surface area contributed by atoms with Crippen molar-refractivity contribution in [1.29, 1.82) is 0 Å². The minimum absolute atomic E-state index is 0.0540. The number of ether oxygens (including phenoxy) is 1. The van der Waals surface area contributed by atoms with Crippen LogP contribution in [0.4, 0.5) is 87.8 Å². The van der Waals surface area contributed by atoms with Crippen molar-refractivity contribution in [2.24, 2.45) is 0 Å². The molecule has 1 heterocycles. The molecule has 0 amide bonds. The zero-order chi connectivity index (χ0) is 56.3. The van der Waals surface area contributed by atoms with E-state index in [1.54, 1.807) is 22.9 Å². The van der Waals surface area contributed by atoms with Gasteiger partial charge >= 0.3 is 5.97 Å². The summed E-state index contributed by atoms with van der Waals surface area (Å²) in [7, 11) is 0. The van der Waals surface area contributed by atoms with Crippen molar-refractivity contribution in [3.8, 4) is 5.75 Å². The number of halogens is 20. The van der Waals surface area contributed by atoms with Gasteiger partial charge in [0.2, 0.25) is 24.2 Å². The quantitative estimate of drug-likeness (QED) is 0.0166. The van der Waals surface area contributed by atoms with E-state index in [9.17, 15) is 62.3 Å². The fourth-order valence-corrected chi connectivity index (χ4v) is 8.65. The minimum Gasteiger partial charge on any atom is -0.421 e. The van der Waals surface area contributed by atoms with Gasteiger partial charge in [0.15, 0.2) is 76.0 Å². The molecule has 0 atom stereocenters. The lowest BCUT2D eigenvalue weighted by molar-refractivity contribution is -0.683. The number of benzene rings is 8. The topological polar surface area (TPSA) is 60.1 Å². The second kappa shape index (κ2) is 20.7. The molecule has 0 unspecified atom stereocenters. The summed E-state index contributed by atoms with van der Waals surface area (Å²) in [5, 5.41) is 3.94. The standard InChI is InChI=1S/C27H19N2O3.C24BF20/c30-25(19-8-2-1-3-9-19)18-29-15-14-28-24(17-29)27(31)32-26-16-20-10-4-5-11-21(20)22-12-6-7-13-23(22)26;26-5-1(6(27)14(35)21(42)13(5)34)25(2-7(28)15(36)22(43)16(37)8(2)29,3-9(30)17(38)23(44)18(39)10(3)31)4-11(32)19(40)24(45)20(41)12(4)33/h1-17H,18H2;/q+1;-1. The first-order chi connectivity index (χ1) is 36.4. The van der Waals surface area contributed by atoms with E-state index in [1.165, 1.54) is 12.4 Å². The average Bonchev–Trinajstić information content (AvgIpc) is 3.58. The maximum Gasteiger partial charge on any atom is 0.368 e. The van der Waals surface area contributed by atoms with Crippen LogP contribution in [-0.2, 0) is 6.54 Å². The number of carbonyl (C=O) groups excluding carboxylic acids is 2. The van der Waals surface area contributed by atoms with E-state index in [4.69, 9.17) is 4.74 Å². The molecule has 0 aliphatic heterocycles. The number of hydrogen-bond acceptors (Lipinski definition) is 4. The van der Waals surface area contributed by atoms with Crippen LogP contribution in [0.1, 0.15) is 20.8 Å². The number of hydrogen-bond donors (Lipinski definition) is 0. The van der Waals surface area contributed by atoms with Gasteiger partial charge in [0, 0.05) is 10.9 Å². The molecule has 26 heteroatoms. The molecule has 0 bridgehead atoms. The molecule has 0 saturated carbocycles. The van der Waals surface area contributed by atoms with E-state index in [0.717, 1.165) is 21.5 Å². The van der Waals surface area contributed by atoms with Crippen molar-refractivity contribution in [3.05, 3.63) is 231 Å². The van der Waals surface area contributed by atoms with Crippen LogP contribution in [0.15, 0.2) is 104 Å². The highest BCUT2D eigenvalue weighted by atomic mass is 19.2. The third kappa shape index (κ3) is 8.89. The summed E-state index contributed by atoms with van der Waals surface area (Å²) in [4.78, 5) is 29.6. The Bertz CT molecular complexity index is 3560. The van der Waals surface area contributed by atoms with Crippen molar-refractivity contribution in [1.82, 2.24) is 4.98 Å². The summed E-state index contributed by atoms with van der Waals surface area (Å²) in [6, 6.07) is 26.7. The second-order valence-electron chi connectivity index (χ2n) is 16.2. The highest BCUT2D eigenvalue weighted by Crippen LogP contribution is 2.35. The maximum absolute atomic E-state index is 15.4. The summed E-state index contributed by atoms with van der Waals surface area (Å²) in [6.07, 6.45) is -2.53. The lowest BCUT2D eigenvalue weighted by Crippen LogP contribution is -2.81. The monoisotopic (exact) mass is 1100 g/mol. The van der Waals surface area contributed by atoms with Crippen LogP contribution in [0.2, 0.25) is 0 Å². The summed E-state index contributed by atoms with van der Waals surface area (Å²) in [5.74, 6) is -71.6. The van der Waals surface area contributed by atoms with Crippen molar-refractivity contribution in [2.45, 2.75) is 6.54 Å². The van der Waals surface area contributed by atoms with Gasteiger partial charge in [0.25, 0.3) is 0 Å². The molecule has 0 fully saturated rings.